The minimum atomic E-state index is 0. The van der Waals surface area contributed by atoms with Gasteiger partial charge in [0.25, 0.3) is 0 Å². The molecule has 0 unspecified atom stereocenters. The first-order chi connectivity index (χ1) is 4.88. The predicted molar refractivity (Wildman–Crippen MR) is 42.9 cm³/mol. The van der Waals surface area contributed by atoms with Crippen LogP contribution >= 0.6 is 0 Å². The summed E-state index contributed by atoms with van der Waals surface area (Å²) < 4.78 is 0. The number of hydrogen-bond donors (Lipinski definition) is 1. The molecule has 0 aliphatic rings. The third-order valence-electron chi connectivity index (χ3n) is 1.68. The van der Waals surface area contributed by atoms with Gasteiger partial charge in [-0.25, -0.2) is 0 Å². The number of pyridine rings is 1. The number of aromatic amines is 1. The Bertz CT molecular complexity index is 354. The molecule has 52 valence electrons. The van der Waals surface area contributed by atoms with E-state index in [0.717, 1.165) is 11.2 Å². The highest BCUT2D eigenvalue weighted by Crippen LogP contribution is 2.12. The van der Waals surface area contributed by atoms with Gasteiger partial charge in [0.1, 0.15) is 0 Å². The molecule has 0 saturated heterocycles. The molecule has 0 spiro atoms. The average Bonchev–Trinajstić information content (AvgIpc) is 2.36. The molecule has 2 heterocycles. The zero-order valence-corrected chi connectivity index (χ0v) is 5.76. The molecule has 0 atom stereocenters. The Kier molecular flexibility index (Phi) is 1.01. The van der Waals surface area contributed by atoms with E-state index in [1.54, 1.807) is 0 Å². The van der Waals surface area contributed by atoms with Crippen molar-refractivity contribution in [3.05, 3.63) is 30.2 Å². The summed E-state index contributed by atoms with van der Waals surface area (Å²) in [7, 11) is 0. The summed E-state index contributed by atoms with van der Waals surface area (Å²) in [5.74, 6) is 0. The van der Waals surface area contributed by atoms with E-state index in [-0.39, 0.29) is 1.43 Å². The molecule has 2 rings (SSSR count). The maximum absolute atomic E-state index is 4.16. The van der Waals surface area contributed by atoms with Crippen LogP contribution in [0.2, 0.25) is 0 Å². The van der Waals surface area contributed by atoms with E-state index in [1.807, 2.05) is 31.5 Å². The lowest BCUT2D eigenvalue weighted by Crippen LogP contribution is -1.78. The van der Waals surface area contributed by atoms with Gasteiger partial charge in [-0.15, -0.1) is 0 Å². The predicted octanol–water partition coefficient (Wildman–Crippen LogP) is 2.12. The van der Waals surface area contributed by atoms with Crippen LogP contribution in [0.3, 0.4) is 0 Å². The standard InChI is InChI=1S/C8H8N2.H2/c1-6-7-2-4-10-8(7)3-5-9-6;/h2-5,10H,1H3;1H. The maximum atomic E-state index is 4.16. The Hall–Kier alpha value is -1.31. The van der Waals surface area contributed by atoms with Gasteiger partial charge in [-0.05, 0) is 19.1 Å². The molecular formula is C8H10N2. The van der Waals surface area contributed by atoms with Crippen molar-refractivity contribution in [2.75, 3.05) is 0 Å². The van der Waals surface area contributed by atoms with Crippen LogP contribution in [0.4, 0.5) is 0 Å². The topological polar surface area (TPSA) is 28.7 Å². The molecule has 2 heteroatoms. The van der Waals surface area contributed by atoms with Crippen LogP contribution in [-0.2, 0) is 0 Å². The summed E-state index contributed by atoms with van der Waals surface area (Å²) in [6.07, 6.45) is 3.74. The first kappa shape index (κ1) is 5.47. The number of H-pyrrole nitrogens is 1. The number of nitrogens with one attached hydrogen (secondary N) is 1. The van der Waals surface area contributed by atoms with Crippen molar-refractivity contribution in [2.45, 2.75) is 6.92 Å². The van der Waals surface area contributed by atoms with Crippen molar-refractivity contribution in [3.8, 4) is 0 Å². The summed E-state index contributed by atoms with van der Waals surface area (Å²) in [4.78, 5) is 7.28. The SMILES string of the molecule is Cc1nccc2[nH]ccc12.[HH]. The summed E-state index contributed by atoms with van der Waals surface area (Å²) >= 11 is 0. The van der Waals surface area contributed by atoms with Crippen LogP contribution in [0.5, 0.6) is 0 Å². The zero-order chi connectivity index (χ0) is 6.97. The van der Waals surface area contributed by atoms with Crippen LogP contribution in [0.1, 0.15) is 7.12 Å². The van der Waals surface area contributed by atoms with Crippen molar-refractivity contribution in [2.24, 2.45) is 0 Å². The number of aromatic nitrogens is 2. The van der Waals surface area contributed by atoms with Crippen LogP contribution in [0.15, 0.2) is 24.5 Å². The molecule has 1 N–H and O–H groups in total. The lowest BCUT2D eigenvalue weighted by molar-refractivity contribution is 1.24. The minimum absolute atomic E-state index is 0. The summed E-state index contributed by atoms with van der Waals surface area (Å²) in [6, 6.07) is 4.01. The Morgan fingerprint density at radius 2 is 2.40 bits per heavy atom. The molecule has 2 nitrogen and oxygen atoms in total. The van der Waals surface area contributed by atoms with E-state index in [1.165, 1.54) is 5.39 Å². The first-order valence-electron chi connectivity index (χ1n) is 3.26. The fraction of sp³-hybridized carbons (Fsp3) is 0.125. The van der Waals surface area contributed by atoms with Gasteiger partial charge in [0.2, 0.25) is 0 Å². The number of hydrogen-bond acceptors (Lipinski definition) is 1. The molecule has 10 heavy (non-hydrogen) atoms. The maximum Gasteiger partial charge on any atom is 0.0487 e. The number of fused-ring (bicyclic) bond motifs is 1. The first-order valence-corrected chi connectivity index (χ1v) is 3.26. The minimum Gasteiger partial charge on any atom is -0.361 e. The van der Waals surface area contributed by atoms with Crippen LogP contribution in [0, 0.1) is 6.92 Å². The fourth-order valence-corrected chi connectivity index (χ4v) is 1.13. The monoisotopic (exact) mass is 134 g/mol. The molecule has 0 radical (unpaired) electrons. The van der Waals surface area contributed by atoms with E-state index >= 15 is 0 Å². The molecule has 0 bridgehead atoms. The van der Waals surface area contributed by atoms with Gasteiger partial charge >= 0.3 is 0 Å². The van der Waals surface area contributed by atoms with Gasteiger partial charge in [0.05, 0.1) is 0 Å². The molecule has 0 aliphatic heterocycles. The zero-order valence-electron chi connectivity index (χ0n) is 5.76. The van der Waals surface area contributed by atoms with E-state index in [4.69, 9.17) is 0 Å². The molecule has 0 aliphatic carbocycles. The Labute approximate surface area is 60.4 Å². The van der Waals surface area contributed by atoms with Crippen molar-refractivity contribution in [3.63, 3.8) is 0 Å². The van der Waals surface area contributed by atoms with Crippen molar-refractivity contribution < 1.29 is 1.43 Å². The third-order valence-corrected chi connectivity index (χ3v) is 1.68. The third kappa shape index (κ3) is 0.620. The van der Waals surface area contributed by atoms with Gasteiger partial charge in [-0.3, -0.25) is 4.98 Å². The fourth-order valence-electron chi connectivity index (χ4n) is 1.13. The Balaban J connectivity index is 0.000000605. The van der Waals surface area contributed by atoms with Crippen LogP contribution in [-0.4, -0.2) is 9.97 Å². The van der Waals surface area contributed by atoms with Gasteiger partial charge in [-0.1, -0.05) is 0 Å². The molecule has 2 aromatic heterocycles. The lowest BCUT2D eigenvalue weighted by Gasteiger charge is -1.91. The molecule has 0 fully saturated rings. The van der Waals surface area contributed by atoms with Crippen molar-refractivity contribution in [1.29, 1.82) is 0 Å². The van der Waals surface area contributed by atoms with Crippen molar-refractivity contribution in [1.82, 2.24) is 9.97 Å². The van der Waals surface area contributed by atoms with Crippen LogP contribution < -0.4 is 0 Å². The number of rotatable bonds is 0. The average molecular weight is 134 g/mol. The Morgan fingerprint density at radius 1 is 1.50 bits per heavy atom. The van der Waals surface area contributed by atoms with Crippen LogP contribution in [0.25, 0.3) is 10.9 Å². The number of nitrogens with zero attached hydrogens (tertiary/aromatic N) is 1. The largest absolute Gasteiger partial charge is 0.361 e. The normalized spacial score (nSPS) is 10.5. The molecule has 0 saturated carbocycles. The second-order valence-corrected chi connectivity index (χ2v) is 2.34. The summed E-state index contributed by atoms with van der Waals surface area (Å²) in [5, 5.41) is 1.21. The molecule has 0 aromatic carbocycles. The second-order valence-electron chi connectivity index (χ2n) is 2.34. The van der Waals surface area contributed by atoms with Gasteiger partial charge in [0, 0.05) is 30.4 Å². The van der Waals surface area contributed by atoms with Gasteiger partial charge < -0.3 is 4.98 Å². The smallest absolute Gasteiger partial charge is 0.0487 e. The van der Waals surface area contributed by atoms with E-state index in [0.29, 0.717) is 0 Å². The lowest BCUT2D eigenvalue weighted by atomic mass is 10.2. The van der Waals surface area contributed by atoms with E-state index in [2.05, 4.69) is 9.97 Å². The number of aryl methyl sites for hydroxylation is 1. The summed E-state index contributed by atoms with van der Waals surface area (Å²) in [6.45, 7) is 2.01. The molecule has 0 amide bonds. The van der Waals surface area contributed by atoms with Crippen molar-refractivity contribution >= 4 is 10.9 Å². The highest BCUT2D eigenvalue weighted by molar-refractivity contribution is 5.80. The summed E-state index contributed by atoms with van der Waals surface area (Å²) in [5.41, 5.74) is 2.24. The Morgan fingerprint density at radius 3 is 3.20 bits per heavy atom. The van der Waals surface area contributed by atoms with E-state index < -0.39 is 0 Å². The quantitative estimate of drug-likeness (QED) is 0.587. The highest BCUT2D eigenvalue weighted by Gasteiger charge is 1.95. The van der Waals surface area contributed by atoms with Gasteiger partial charge in [-0.2, -0.15) is 0 Å². The van der Waals surface area contributed by atoms with Gasteiger partial charge in [0.15, 0.2) is 0 Å². The van der Waals surface area contributed by atoms with E-state index in [9.17, 15) is 0 Å². The molecular weight excluding hydrogens is 124 g/mol. The highest BCUT2D eigenvalue weighted by atomic mass is 14.7. The second kappa shape index (κ2) is 1.84. The molecule has 2 aromatic rings.